The molecular weight excluding hydrogens is 214 g/mol. The fourth-order valence-corrected chi connectivity index (χ4v) is 1.64. The molecule has 17 heavy (non-hydrogen) atoms. The summed E-state index contributed by atoms with van der Waals surface area (Å²) in [5, 5.41) is 6.10. The van der Waals surface area contributed by atoms with Crippen LogP contribution in [0.1, 0.15) is 32.5 Å². The number of nitrogens with zero attached hydrogens (tertiary/aromatic N) is 1. The first-order valence-electron chi connectivity index (χ1n) is 6.13. The molecule has 1 unspecified atom stereocenters. The summed E-state index contributed by atoms with van der Waals surface area (Å²) in [6.45, 7) is 7.38. The van der Waals surface area contributed by atoms with Crippen molar-refractivity contribution in [3.63, 3.8) is 0 Å². The Morgan fingerprint density at radius 2 is 2.12 bits per heavy atom. The minimum Gasteiger partial charge on any atom is -0.354 e. The number of nitrogens with one attached hydrogen (secondary N) is 2. The van der Waals surface area contributed by atoms with Crippen molar-refractivity contribution in [3.8, 4) is 0 Å². The highest BCUT2D eigenvalue weighted by atomic mass is 16.1. The van der Waals surface area contributed by atoms with Crippen molar-refractivity contribution in [2.24, 2.45) is 5.92 Å². The maximum atomic E-state index is 11.7. The van der Waals surface area contributed by atoms with E-state index in [1.165, 1.54) is 0 Å². The molecule has 4 heteroatoms. The number of aromatic nitrogens is 1. The van der Waals surface area contributed by atoms with Crippen molar-refractivity contribution in [3.05, 3.63) is 24.0 Å². The number of carbonyl (C=O) groups is 1. The molecule has 2 N–H and O–H groups in total. The molecule has 1 amide bonds. The van der Waals surface area contributed by atoms with Crippen molar-refractivity contribution in [1.82, 2.24) is 15.2 Å². The van der Waals surface area contributed by atoms with E-state index in [0.29, 0.717) is 12.5 Å². The van der Waals surface area contributed by atoms with E-state index in [9.17, 15) is 4.79 Å². The summed E-state index contributed by atoms with van der Waals surface area (Å²) in [5.74, 6) is 0.554. The van der Waals surface area contributed by atoms with Gasteiger partial charge in [-0.1, -0.05) is 13.8 Å². The topological polar surface area (TPSA) is 46.1 Å². The Hall–Kier alpha value is -1.29. The van der Waals surface area contributed by atoms with Gasteiger partial charge in [-0.05, 0) is 32.0 Å². The molecule has 1 aromatic heterocycles. The Kier molecular flexibility index (Phi) is 5.22. The van der Waals surface area contributed by atoms with Gasteiger partial charge >= 0.3 is 0 Å². The summed E-state index contributed by atoms with van der Waals surface area (Å²) in [6, 6.07) is 4.26. The van der Waals surface area contributed by atoms with Crippen LogP contribution in [0.3, 0.4) is 0 Å². The largest absolute Gasteiger partial charge is 0.354 e. The van der Waals surface area contributed by atoms with E-state index in [-0.39, 0.29) is 11.9 Å². The minimum atomic E-state index is 0.0689. The predicted molar refractivity (Wildman–Crippen MR) is 69.8 cm³/mol. The van der Waals surface area contributed by atoms with Gasteiger partial charge in [0.05, 0.1) is 0 Å². The van der Waals surface area contributed by atoms with Gasteiger partial charge in [0.2, 0.25) is 5.91 Å². The lowest BCUT2D eigenvalue weighted by Gasteiger charge is -2.15. The highest BCUT2D eigenvalue weighted by molar-refractivity contribution is 5.75. The average Bonchev–Trinajstić information content (AvgIpc) is 2.73. The number of amides is 1. The number of rotatable bonds is 6. The molecule has 0 saturated heterocycles. The zero-order chi connectivity index (χ0) is 12.8. The number of hydrogen-bond acceptors (Lipinski definition) is 2. The second-order valence-electron chi connectivity index (χ2n) is 4.77. The molecule has 1 heterocycles. The normalized spacial score (nSPS) is 12.8. The average molecular weight is 237 g/mol. The van der Waals surface area contributed by atoms with Crippen molar-refractivity contribution in [2.45, 2.75) is 33.4 Å². The molecule has 0 radical (unpaired) electrons. The van der Waals surface area contributed by atoms with E-state index in [4.69, 9.17) is 0 Å². The van der Waals surface area contributed by atoms with Gasteiger partial charge in [0, 0.05) is 24.5 Å². The van der Waals surface area contributed by atoms with Crippen LogP contribution in [0.25, 0.3) is 0 Å². The molecule has 1 atom stereocenters. The van der Waals surface area contributed by atoms with Crippen molar-refractivity contribution in [2.75, 3.05) is 13.6 Å². The molecule has 0 aromatic carbocycles. The van der Waals surface area contributed by atoms with Crippen LogP contribution in [-0.4, -0.2) is 24.1 Å². The fourth-order valence-electron chi connectivity index (χ4n) is 1.64. The standard InChI is InChI=1S/C13H23N3O/c1-10(2)8-15-13(17)9-16-7-5-6-12(16)11(3)14-4/h5-7,10-11,14H,8-9H2,1-4H3,(H,15,17). The van der Waals surface area contributed by atoms with Gasteiger partial charge in [-0.3, -0.25) is 4.79 Å². The van der Waals surface area contributed by atoms with Crippen molar-refractivity contribution >= 4 is 5.91 Å². The van der Waals surface area contributed by atoms with E-state index >= 15 is 0 Å². The molecule has 96 valence electrons. The van der Waals surface area contributed by atoms with E-state index in [1.54, 1.807) is 0 Å². The highest BCUT2D eigenvalue weighted by Crippen LogP contribution is 2.12. The predicted octanol–water partition coefficient (Wildman–Crippen LogP) is 1.54. The first-order chi connectivity index (χ1) is 8.04. The Labute approximate surface area is 103 Å². The Morgan fingerprint density at radius 1 is 1.41 bits per heavy atom. The maximum absolute atomic E-state index is 11.7. The van der Waals surface area contributed by atoms with Gasteiger partial charge in [-0.2, -0.15) is 0 Å². The van der Waals surface area contributed by atoms with Crippen LogP contribution in [0.15, 0.2) is 18.3 Å². The summed E-state index contributed by atoms with van der Waals surface area (Å²) in [7, 11) is 1.92. The molecule has 0 aliphatic rings. The van der Waals surface area contributed by atoms with Gasteiger partial charge in [0.25, 0.3) is 0 Å². The van der Waals surface area contributed by atoms with E-state index in [1.807, 2.05) is 29.9 Å². The SMILES string of the molecule is CNC(C)c1cccn1CC(=O)NCC(C)C. The molecule has 1 aromatic rings. The zero-order valence-corrected chi connectivity index (χ0v) is 11.2. The monoisotopic (exact) mass is 237 g/mol. The van der Waals surface area contributed by atoms with E-state index in [2.05, 4.69) is 31.4 Å². The third-order valence-corrected chi connectivity index (χ3v) is 2.76. The van der Waals surface area contributed by atoms with Crippen LogP contribution < -0.4 is 10.6 Å². The van der Waals surface area contributed by atoms with Gasteiger partial charge in [-0.25, -0.2) is 0 Å². The molecule has 0 aliphatic carbocycles. The smallest absolute Gasteiger partial charge is 0.239 e. The lowest BCUT2D eigenvalue weighted by atomic mass is 10.2. The lowest BCUT2D eigenvalue weighted by Crippen LogP contribution is -2.31. The summed E-state index contributed by atoms with van der Waals surface area (Å²) in [6.07, 6.45) is 1.94. The lowest BCUT2D eigenvalue weighted by molar-refractivity contribution is -0.121. The van der Waals surface area contributed by atoms with Gasteiger partial charge < -0.3 is 15.2 Å². The van der Waals surface area contributed by atoms with Crippen LogP contribution in [0.4, 0.5) is 0 Å². The third kappa shape index (κ3) is 4.23. The minimum absolute atomic E-state index is 0.0689. The second-order valence-corrected chi connectivity index (χ2v) is 4.77. The fraction of sp³-hybridized carbons (Fsp3) is 0.615. The molecule has 0 bridgehead atoms. The summed E-state index contributed by atoms with van der Waals surface area (Å²) in [5.41, 5.74) is 1.13. The van der Waals surface area contributed by atoms with Crippen LogP contribution in [0.2, 0.25) is 0 Å². The van der Waals surface area contributed by atoms with E-state index in [0.717, 1.165) is 12.2 Å². The molecule has 0 fully saturated rings. The first kappa shape index (κ1) is 13.8. The summed E-state index contributed by atoms with van der Waals surface area (Å²) < 4.78 is 1.98. The van der Waals surface area contributed by atoms with Gasteiger partial charge in [0.15, 0.2) is 0 Å². The molecular formula is C13H23N3O. The quantitative estimate of drug-likeness (QED) is 0.788. The van der Waals surface area contributed by atoms with Crippen molar-refractivity contribution in [1.29, 1.82) is 0 Å². The van der Waals surface area contributed by atoms with E-state index < -0.39 is 0 Å². The second kappa shape index (κ2) is 6.45. The van der Waals surface area contributed by atoms with Crippen LogP contribution >= 0.6 is 0 Å². The van der Waals surface area contributed by atoms with Gasteiger partial charge in [-0.15, -0.1) is 0 Å². The Balaban J connectivity index is 2.56. The number of carbonyl (C=O) groups excluding carboxylic acids is 1. The Morgan fingerprint density at radius 3 is 2.71 bits per heavy atom. The molecule has 0 spiro atoms. The van der Waals surface area contributed by atoms with Crippen LogP contribution in [0, 0.1) is 5.92 Å². The molecule has 0 aliphatic heterocycles. The Bertz CT molecular complexity index is 357. The van der Waals surface area contributed by atoms with Crippen molar-refractivity contribution < 1.29 is 4.79 Å². The summed E-state index contributed by atoms with van der Waals surface area (Å²) >= 11 is 0. The molecule has 4 nitrogen and oxygen atoms in total. The molecule has 0 saturated carbocycles. The van der Waals surface area contributed by atoms with Crippen LogP contribution in [-0.2, 0) is 11.3 Å². The summed E-state index contributed by atoms with van der Waals surface area (Å²) in [4.78, 5) is 11.7. The highest BCUT2D eigenvalue weighted by Gasteiger charge is 2.10. The first-order valence-corrected chi connectivity index (χ1v) is 6.13. The zero-order valence-electron chi connectivity index (χ0n) is 11.2. The molecule has 1 rings (SSSR count). The van der Waals surface area contributed by atoms with Crippen LogP contribution in [0.5, 0.6) is 0 Å². The maximum Gasteiger partial charge on any atom is 0.239 e. The van der Waals surface area contributed by atoms with Gasteiger partial charge in [0.1, 0.15) is 6.54 Å². The third-order valence-electron chi connectivity index (χ3n) is 2.76. The number of hydrogen-bond donors (Lipinski definition) is 2.